The fourth-order valence-corrected chi connectivity index (χ4v) is 1.74. The first-order chi connectivity index (χ1) is 10.2. The highest BCUT2D eigenvalue weighted by Gasteiger charge is 2.19. The lowest BCUT2D eigenvalue weighted by Crippen LogP contribution is -2.07. The molecule has 0 aliphatic rings. The Balaban J connectivity index is 2.34. The van der Waals surface area contributed by atoms with Crippen LogP contribution in [0.3, 0.4) is 0 Å². The molecule has 108 valence electrons. The number of nitrogens with one attached hydrogen (secondary N) is 1. The molecule has 0 unspecified atom stereocenters. The minimum atomic E-state index is -0.515. The zero-order valence-electron chi connectivity index (χ0n) is 11.1. The van der Waals surface area contributed by atoms with Gasteiger partial charge >= 0.3 is 5.69 Å². The zero-order valence-corrected chi connectivity index (χ0v) is 11.1. The zero-order chi connectivity index (χ0) is 15.1. The molecule has 0 fully saturated rings. The van der Waals surface area contributed by atoms with Crippen molar-refractivity contribution in [3.63, 3.8) is 0 Å². The number of nitrogens with zero attached hydrogens (tertiary/aromatic N) is 3. The lowest BCUT2D eigenvalue weighted by molar-refractivity contribution is -0.383. The van der Waals surface area contributed by atoms with E-state index in [0.717, 1.165) is 0 Å². The Morgan fingerprint density at radius 3 is 2.52 bits per heavy atom. The van der Waals surface area contributed by atoms with E-state index < -0.39 is 4.92 Å². The van der Waals surface area contributed by atoms with E-state index in [9.17, 15) is 10.1 Å². The van der Waals surface area contributed by atoms with Crippen molar-refractivity contribution in [2.24, 2.45) is 10.2 Å². The van der Waals surface area contributed by atoms with Crippen molar-refractivity contribution in [3.8, 4) is 0 Å². The fraction of sp³-hybridized carbons (Fsp3) is 0.143. The summed E-state index contributed by atoms with van der Waals surface area (Å²) in [6.07, 6.45) is 0. The first-order valence-electron chi connectivity index (χ1n) is 6.31. The van der Waals surface area contributed by atoms with Gasteiger partial charge in [0.05, 0.1) is 17.2 Å². The average Bonchev–Trinajstić information content (AvgIpc) is 2.51. The molecular weight excluding hydrogens is 272 g/mol. The van der Waals surface area contributed by atoms with Crippen LogP contribution in [0.5, 0.6) is 0 Å². The topological polar surface area (TPSA) is 100 Å². The molecule has 0 aromatic heterocycles. The summed E-state index contributed by atoms with van der Waals surface area (Å²) in [7, 11) is 0. The van der Waals surface area contributed by atoms with Gasteiger partial charge in [0.1, 0.15) is 5.69 Å². The van der Waals surface area contributed by atoms with Crippen molar-refractivity contribution in [3.05, 3.63) is 58.6 Å². The Labute approximate surface area is 121 Å². The van der Waals surface area contributed by atoms with Crippen molar-refractivity contribution in [2.75, 3.05) is 18.5 Å². The largest absolute Gasteiger partial charge is 0.395 e. The molecule has 0 saturated carbocycles. The van der Waals surface area contributed by atoms with Gasteiger partial charge in [0.2, 0.25) is 0 Å². The molecule has 7 heteroatoms. The molecule has 0 heterocycles. The molecule has 0 radical (unpaired) electrons. The number of hydrogen-bond acceptors (Lipinski definition) is 6. The molecule has 2 aromatic carbocycles. The van der Waals surface area contributed by atoms with Gasteiger partial charge in [0.25, 0.3) is 0 Å². The highest BCUT2D eigenvalue weighted by atomic mass is 16.6. The molecule has 0 saturated heterocycles. The highest BCUT2D eigenvalue weighted by molar-refractivity contribution is 5.73. The first kappa shape index (κ1) is 14.6. The molecule has 0 aliphatic carbocycles. The third-order valence-corrected chi connectivity index (χ3v) is 2.65. The molecule has 2 rings (SSSR count). The number of nitro benzene ring substituents is 1. The van der Waals surface area contributed by atoms with E-state index in [-0.39, 0.29) is 24.5 Å². The number of aliphatic hydroxyl groups excluding tert-OH is 1. The number of para-hydroxylation sites is 1. The number of nitro groups is 1. The van der Waals surface area contributed by atoms with Gasteiger partial charge < -0.3 is 10.4 Å². The Bertz CT molecular complexity index is 644. The minimum absolute atomic E-state index is 0.118. The fourth-order valence-electron chi connectivity index (χ4n) is 1.74. The summed E-state index contributed by atoms with van der Waals surface area (Å²) < 4.78 is 0. The Morgan fingerprint density at radius 2 is 1.86 bits per heavy atom. The molecule has 0 spiro atoms. The van der Waals surface area contributed by atoms with Crippen LogP contribution in [0.1, 0.15) is 0 Å². The minimum Gasteiger partial charge on any atom is -0.395 e. The van der Waals surface area contributed by atoms with Crippen LogP contribution in [-0.2, 0) is 0 Å². The molecular formula is C14H14N4O3. The Kier molecular flexibility index (Phi) is 4.94. The molecule has 0 amide bonds. The van der Waals surface area contributed by atoms with Gasteiger partial charge in [-0.05, 0) is 24.3 Å². The molecule has 0 aliphatic heterocycles. The quantitative estimate of drug-likeness (QED) is 0.482. The van der Waals surface area contributed by atoms with Crippen LogP contribution in [0.15, 0.2) is 58.8 Å². The van der Waals surface area contributed by atoms with E-state index in [0.29, 0.717) is 11.4 Å². The summed E-state index contributed by atoms with van der Waals surface area (Å²) in [5.74, 6) is 0. The van der Waals surface area contributed by atoms with Gasteiger partial charge in [-0.2, -0.15) is 5.11 Å². The maximum absolute atomic E-state index is 11.2. The predicted octanol–water partition coefficient (Wildman–Crippen LogP) is 3.41. The van der Waals surface area contributed by atoms with Crippen LogP contribution in [0.4, 0.5) is 22.7 Å². The van der Waals surface area contributed by atoms with Crippen LogP contribution >= 0.6 is 0 Å². The molecule has 2 aromatic rings. The van der Waals surface area contributed by atoms with Gasteiger partial charge in [0, 0.05) is 6.54 Å². The van der Waals surface area contributed by atoms with E-state index in [1.54, 1.807) is 24.3 Å². The van der Waals surface area contributed by atoms with Crippen LogP contribution in [0.25, 0.3) is 0 Å². The number of hydrogen-bond donors (Lipinski definition) is 2. The number of benzene rings is 2. The molecule has 0 bridgehead atoms. The van der Waals surface area contributed by atoms with Crippen molar-refractivity contribution in [1.29, 1.82) is 0 Å². The first-order valence-corrected chi connectivity index (χ1v) is 6.31. The van der Waals surface area contributed by atoms with E-state index in [4.69, 9.17) is 5.11 Å². The lowest BCUT2D eigenvalue weighted by atomic mass is 10.2. The summed E-state index contributed by atoms with van der Waals surface area (Å²) in [5.41, 5.74) is 0.913. The standard InChI is InChI=1S/C14H14N4O3/c19-10-9-15-12-7-4-8-13(14(12)18(20)21)17-16-11-5-2-1-3-6-11/h1-8,15,19H,9-10H2. The van der Waals surface area contributed by atoms with E-state index in [1.165, 1.54) is 6.07 Å². The van der Waals surface area contributed by atoms with Crippen LogP contribution in [-0.4, -0.2) is 23.2 Å². The summed E-state index contributed by atoms with van der Waals surface area (Å²) in [5, 5.41) is 30.7. The SMILES string of the molecule is O=[N+]([O-])c1c(N=Nc2ccccc2)cccc1NCCO. The second-order valence-corrected chi connectivity index (χ2v) is 4.12. The lowest BCUT2D eigenvalue weighted by Gasteiger charge is -2.06. The van der Waals surface area contributed by atoms with Crippen molar-refractivity contribution in [2.45, 2.75) is 0 Å². The molecule has 0 atom stereocenters. The van der Waals surface area contributed by atoms with E-state index in [1.807, 2.05) is 18.2 Å². The smallest absolute Gasteiger partial charge is 0.319 e. The third kappa shape index (κ3) is 3.83. The second kappa shape index (κ2) is 7.11. The van der Waals surface area contributed by atoms with Crippen LogP contribution in [0, 0.1) is 10.1 Å². The van der Waals surface area contributed by atoms with Crippen LogP contribution < -0.4 is 5.32 Å². The second-order valence-electron chi connectivity index (χ2n) is 4.12. The highest BCUT2D eigenvalue weighted by Crippen LogP contribution is 2.35. The van der Waals surface area contributed by atoms with Gasteiger partial charge in [-0.15, -0.1) is 5.11 Å². The van der Waals surface area contributed by atoms with Gasteiger partial charge in [0.15, 0.2) is 5.69 Å². The monoisotopic (exact) mass is 286 g/mol. The van der Waals surface area contributed by atoms with Gasteiger partial charge in [-0.1, -0.05) is 24.3 Å². The maximum atomic E-state index is 11.2. The third-order valence-electron chi connectivity index (χ3n) is 2.65. The average molecular weight is 286 g/mol. The number of anilines is 1. The maximum Gasteiger partial charge on any atom is 0.319 e. The summed E-state index contributed by atoms with van der Waals surface area (Å²) in [4.78, 5) is 10.7. The summed E-state index contributed by atoms with van der Waals surface area (Å²) in [6, 6.07) is 13.7. The van der Waals surface area contributed by atoms with E-state index in [2.05, 4.69) is 15.5 Å². The number of azo groups is 1. The summed E-state index contributed by atoms with van der Waals surface area (Å²) >= 11 is 0. The normalized spacial score (nSPS) is 10.7. The van der Waals surface area contributed by atoms with Crippen LogP contribution in [0.2, 0.25) is 0 Å². The van der Waals surface area contributed by atoms with Gasteiger partial charge in [-0.3, -0.25) is 10.1 Å². The van der Waals surface area contributed by atoms with Crippen molar-refractivity contribution in [1.82, 2.24) is 0 Å². The predicted molar refractivity (Wildman–Crippen MR) is 79.3 cm³/mol. The van der Waals surface area contributed by atoms with E-state index >= 15 is 0 Å². The summed E-state index contributed by atoms with van der Waals surface area (Å²) in [6.45, 7) is 0.104. The molecule has 7 nitrogen and oxygen atoms in total. The molecule has 21 heavy (non-hydrogen) atoms. The number of rotatable bonds is 6. The Morgan fingerprint density at radius 1 is 1.10 bits per heavy atom. The van der Waals surface area contributed by atoms with Crippen molar-refractivity contribution >= 4 is 22.7 Å². The number of aliphatic hydroxyl groups is 1. The molecule has 2 N–H and O–H groups in total. The van der Waals surface area contributed by atoms with Gasteiger partial charge in [-0.25, -0.2) is 0 Å². The van der Waals surface area contributed by atoms with Crippen molar-refractivity contribution < 1.29 is 10.0 Å². The Hall–Kier alpha value is -2.80.